The van der Waals surface area contributed by atoms with Crippen LogP contribution in [0.4, 0.5) is 4.79 Å². The summed E-state index contributed by atoms with van der Waals surface area (Å²) < 4.78 is 40.1. The van der Waals surface area contributed by atoms with Crippen LogP contribution >= 0.6 is 56.2 Å². The number of ether oxygens (including phenoxy) is 2. The van der Waals surface area contributed by atoms with Crippen LogP contribution in [0.25, 0.3) is 11.1 Å². The highest BCUT2D eigenvalue weighted by Crippen LogP contribution is 2.33. The third-order valence-corrected chi connectivity index (χ3v) is 8.20. The Morgan fingerprint density at radius 2 is 1.58 bits per heavy atom. The molecule has 11 heteroatoms. The molecule has 0 saturated carbocycles. The minimum absolute atomic E-state index is 0.0505. The summed E-state index contributed by atoms with van der Waals surface area (Å²) in [4.78, 5) is 12.4. The molecule has 6 nitrogen and oxygen atoms in total. The molecule has 2 aromatic rings. The van der Waals surface area contributed by atoms with E-state index in [9.17, 15) is 13.2 Å². The Morgan fingerprint density at radius 1 is 0.939 bits per heavy atom. The van der Waals surface area contributed by atoms with Crippen molar-refractivity contribution in [3.8, 4) is 0 Å². The van der Waals surface area contributed by atoms with Crippen molar-refractivity contribution in [2.75, 3.05) is 31.4 Å². The number of halogens is 2. The molecule has 2 rings (SSSR count). The largest absolute Gasteiger partial charge is 0.508 e. The SMILES string of the molecule is CS(=O)(=O)c1ccc(/C(COC(=O)OCCCCBr)=C(/COSSI)c2ccccc2)cc1. The number of sulfone groups is 1. The first-order valence-corrected chi connectivity index (χ1v) is 17.5. The molecule has 0 aliphatic heterocycles. The zero-order valence-electron chi connectivity index (χ0n) is 17.9. The first-order chi connectivity index (χ1) is 15.9. The monoisotopic (exact) mass is 686 g/mol. The van der Waals surface area contributed by atoms with Crippen LogP contribution in [0.1, 0.15) is 24.0 Å². The van der Waals surface area contributed by atoms with Gasteiger partial charge in [-0.15, -0.1) is 0 Å². The second-order valence-electron chi connectivity index (χ2n) is 6.80. The second kappa shape index (κ2) is 15.3. The molecule has 0 saturated heterocycles. The molecule has 0 amide bonds. The lowest BCUT2D eigenvalue weighted by Crippen LogP contribution is -2.12. The fraction of sp³-hybridized carbons (Fsp3) is 0.318. The van der Waals surface area contributed by atoms with E-state index in [0.29, 0.717) is 5.57 Å². The summed E-state index contributed by atoms with van der Waals surface area (Å²) in [7, 11) is -1.88. The van der Waals surface area contributed by atoms with Crippen LogP contribution in [0.2, 0.25) is 0 Å². The first-order valence-electron chi connectivity index (χ1n) is 9.87. The lowest BCUT2D eigenvalue weighted by molar-refractivity contribution is 0.0637. The molecule has 0 unspecified atom stereocenters. The standard InChI is InChI=1S/C22H24BrIO6S3/c1-33(26,27)19-11-9-18(10-12-19)20(15-29-22(25)28-14-6-5-13-23)21(16-30-32-31-24)17-7-3-2-4-8-17/h2-4,7-12H,5-6,13-16H2,1H3/b21-20-. The van der Waals surface area contributed by atoms with Crippen LogP contribution in [0.3, 0.4) is 0 Å². The fourth-order valence-corrected chi connectivity index (χ4v) is 5.27. The predicted molar refractivity (Wildman–Crippen MR) is 148 cm³/mol. The lowest BCUT2D eigenvalue weighted by atomic mass is 9.95. The molecule has 0 aromatic heterocycles. The molecule has 2 aromatic carbocycles. The average Bonchev–Trinajstić information content (AvgIpc) is 2.81. The molecule has 0 heterocycles. The molecule has 0 atom stereocenters. The molecule has 0 spiro atoms. The molecule has 0 fully saturated rings. The van der Waals surface area contributed by atoms with Crippen LogP contribution in [-0.2, 0) is 23.5 Å². The van der Waals surface area contributed by atoms with E-state index in [1.807, 2.05) is 30.3 Å². The number of hydrogen-bond donors (Lipinski definition) is 0. The van der Waals surface area contributed by atoms with E-state index in [2.05, 4.69) is 37.1 Å². The summed E-state index contributed by atoms with van der Waals surface area (Å²) in [6, 6.07) is 16.1. The van der Waals surface area contributed by atoms with Gasteiger partial charge in [-0.05, 0) is 41.7 Å². The lowest BCUT2D eigenvalue weighted by Gasteiger charge is -2.17. The van der Waals surface area contributed by atoms with Crippen molar-refractivity contribution in [3.05, 3.63) is 65.7 Å². The van der Waals surface area contributed by atoms with Crippen molar-refractivity contribution >= 4 is 83.3 Å². The summed E-state index contributed by atoms with van der Waals surface area (Å²) in [5, 5.41) is 0.843. The minimum Gasteiger partial charge on any atom is -0.434 e. The van der Waals surface area contributed by atoms with Crippen molar-refractivity contribution in [3.63, 3.8) is 0 Å². The zero-order valence-corrected chi connectivity index (χ0v) is 24.1. The molecule has 0 aliphatic rings. The van der Waals surface area contributed by atoms with Crippen LogP contribution in [0.15, 0.2) is 59.5 Å². The predicted octanol–water partition coefficient (Wildman–Crippen LogP) is 6.99. The number of rotatable bonds is 13. The number of carbonyl (C=O) groups is 1. The van der Waals surface area contributed by atoms with E-state index in [1.54, 1.807) is 24.3 Å². The van der Waals surface area contributed by atoms with Gasteiger partial charge in [0.25, 0.3) is 0 Å². The highest BCUT2D eigenvalue weighted by molar-refractivity contribution is 14.2. The zero-order chi connectivity index (χ0) is 24.1. The van der Waals surface area contributed by atoms with Crippen molar-refractivity contribution < 1.29 is 26.9 Å². The van der Waals surface area contributed by atoms with Gasteiger partial charge in [-0.25, -0.2) is 13.2 Å². The molecule has 0 N–H and O–H groups in total. The first kappa shape index (κ1) is 28.5. The van der Waals surface area contributed by atoms with Gasteiger partial charge in [0.2, 0.25) is 0 Å². The minimum atomic E-state index is -3.33. The number of hydrogen-bond acceptors (Lipinski definition) is 8. The maximum Gasteiger partial charge on any atom is 0.508 e. The van der Waals surface area contributed by atoms with Crippen molar-refractivity contribution in [1.29, 1.82) is 0 Å². The summed E-state index contributed by atoms with van der Waals surface area (Å²) in [5.74, 6) is 0. The van der Waals surface area contributed by atoms with Gasteiger partial charge in [-0.2, -0.15) is 0 Å². The third kappa shape index (κ3) is 10.2. The molecule has 0 bridgehead atoms. The smallest absolute Gasteiger partial charge is 0.434 e. The average molecular weight is 687 g/mol. The van der Waals surface area contributed by atoms with E-state index in [4.69, 9.17) is 13.7 Å². The molecular formula is C22H24BrIO6S3. The maximum atomic E-state index is 12.1. The Kier molecular flexibility index (Phi) is 13.2. The van der Waals surface area contributed by atoms with Crippen LogP contribution in [0.5, 0.6) is 0 Å². The molecule has 0 aliphatic carbocycles. The van der Waals surface area contributed by atoms with Gasteiger partial charge in [0, 0.05) is 46.3 Å². The van der Waals surface area contributed by atoms with E-state index < -0.39 is 16.0 Å². The van der Waals surface area contributed by atoms with E-state index >= 15 is 0 Å². The summed E-state index contributed by atoms with van der Waals surface area (Å²) in [6.45, 7) is 0.493. The molecular weight excluding hydrogens is 663 g/mol. The van der Waals surface area contributed by atoms with Crippen molar-refractivity contribution in [1.82, 2.24) is 0 Å². The highest BCUT2D eigenvalue weighted by atomic mass is 127. The van der Waals surface area contributed by atoms with Crippen molar-refractivity contribution in [2.24, 2.45) is 0 Å². The van der Waals surface area contributed by atoms with Gasteiger partial charge in [0.1, 0.15) is 6.61 Å². The molecule has 0 radical (unpaired) electrons. The normalized spacial score (nSPS) is 12.2. The van der Waals surface area contributed by atoms with Crippen molar-refractivity contribution in [2.45, 2.75) is 17.7 Å². The third-order valence-electron chi connectivity index (χ3n) is 4.48. The van der Waals surface area contributed by atoms with E-state index in [1.165, 1.54) is 19.0 Å². The van der Waals surface area contributed by atoms with Crippen LogP contribution in [0, 0.1) is 0 Å². The topological polar surface area (TPSA) is 78.9 Å². The van der Waals surface area contributed by atoms with Crippen LogP contribution < -0.4 is 0 Å². The van der Waals surface area contributed by atoms with E-state index in [0.717, 1.165) is 41.1 Å². The molecule has 33 heavy (non-hydrogen) atoms. The summed E-state index contributed by atoms with van der Waals surface area (Å²) in [6.07, 6.45) is 2.05. The fourth-order valence-electron chi connectivity index (χ4n) is 2.86. The molecule has 180 valence electrons. The number of benzene rings is 2. The van der Waals surface area contributed by atoms with Gasteiger partial charge in [0.05, 0.1) is 29.2 Å². The summed E-state index contributed by atoms with van der Waals surface area (Å²) >= 11 is 6.71. The van der Waals surface area contributed by atoms with Gasteiger partial charge in [-0.3, -0.25) is 4.18 Å². The Hall–Kier alpha value is -0.730. The number of alkyl halides is 1. The quantitative estimate of drug-likeness (QED) is 0.0425. The highest BCUT2D eigenvalue weighted by Gasteiger charge is 2.17. The van der Waals surface area contributed by atoms with Gasteiger partial charge >= 0.3 is 6.16 Å². The second-order valence-corrected chi connectivity index (χ2v) is 14.1. The number of unbranched alkanes of at least 4 members (excludes halogenated alkanes) is 1. The van der Waals surface area contributed by atoms with Gasteiger partial charge in [-0.1, -0.05) is 58.4 Å². The number of carbonyl (C=O) groups excluding carboxylic acids is 1. The van der Waals surface area contributed by atoms with E-state index in [-0.39, 0.29) is 24.7 Å². The summed E-state index contributed by atoms with van der Waals surface area (Å²) in [5.41, 5.74) is 3.17. The maximum absolute atomic E-state index is 12.1. The van der Waals surface area contributed by atoms with Gasteiger partial charge in [0.15, 0.2) is 9.84 Å². The van der Waals surface area contributed by atoms with Gasteiger partial charge < -0.3 is 9.47 Å². The Labute approximate surface area is 223 Å². The Morgan fingerprint density at radius 3 is 2.18 bits per heavy atom. The van der Waals surface area contributed by atoms with Crippen LogP contribution in [-0.4, -0.2) is 46.0 Å². The Bertz CT molecular complexity index is 1010. The Balaban J connectivity index is 2.39.